The molecule has 1 N–H and O–H groups in total. The van der Waals surface area contributed by atoms with Crippen LogP contribution in [0.5, 0.6) is 5.75 Å². The number of anilines is 4. The largest absolute Gasteiger partial charge is 0.494 e. The summed E-state index contributed by atoms with van der Waals surface area (Å²) in [6.45, 7) is 5.62. The van der Waals surface area contributed by atoms with Crippen molar-refractivity contribution in [3.05, 3.63) is 75.3 Å². The number of benzene rings is 2. The maximum Gasteiger partial charge on any atom is 0.259 e. The van der Waals surface area contributed by atoms with E-state index in [0.717, 1.165) is 18.4 Å². The Hall–Kier alpha value is -4.14. The second kappa shape index (κ2) is 10.5. The molecule has 0 unspecified atom stereocenters. The first-order valence-electron chi connectivity index (χ1n) is 12.2. The van der Waals surface area contributed by atoms with Gasteiger partial charge in [-0.1, -0.05) is 12.1 Å². The maximum atomic E-state index is 14.9. The zero-order valence-electron chi connectivity index (χ0n) is 21.7. The molecule has 1 heterocycles. The fraction of sp³-hybridized carbons (Fsp3) is 0.321. The van der Waals surface area contributed by atoms with E-state index in [9.17, 15) is 18.8 Å². The van der Waals surface area contributed by atoms with E-state index in [2.05, 4.69) is 5.32 Å². The zero-order valence-corrected chi connectivity index (χ0v) is 21.7. The average molecular weight is 507 g/mol. The molecule has 0 spiro atoms. The van der Waals surface area contributed by atoms with E-state index in [1.165, 1.54) is 22.6 Å². The molecule has 0 radical (unpaired) electrons. The smallest absolute Gasteiger partial charge is 0.259 e. The summed E-state index contributed by atoms with van der Waals surface area (Å²) in [4.78, 5) is 42.8. The van der Waals surface area contributed by atoms with Gasteiger partial charge >= 0.3 is 0 Å². The summed E-state index contributed by atoms with van der Waals surface area (Å²) in [5.74, 6) is -0.269. The SMILES string of the molecule is CCOc1cccc(N(C=O)c2c(C(=O)N(C)C3CC3)c(Nc3ccc(C)cc3F)n(C)c(=O)c2C)c1. The lowest BCUT2D eigenvalue weighted by Gasteiger charge is -2.28. The van der Waals surface area contributed by atoms with Crippen LogP contribution in [0.1, 0.15) is 41.3 Å². The van der Waals surface area contributed by atoms with Crippen molar-refractivity contribution >= 4 is 35.2 Å². The van der Waals surface area contributed by atoms with Gasteiger partial charge in [-0.2, -0.15) is 0 Å². The van der Waals surface area contributed by atoms with Crippen molar-refractivity contribution in [2.24, 2.45) is 7.05 Å². The number of nitrogens with zero attached hydrogens (tertiary/aromatic N) is 3. The van der Waals surface area contributed by atoms with Crippen molar-refractivity contribution in [2.75, 3.05) is 23.9 Å². The molecule has 0 saturated heterocycles. The number of hydrogen-bond donors (Lipinski definition) is 1. The second-order valence-electron chi connectivity index (χ2n) is 9.22. The Morgan fingerprint density at radius 3 is 2.57 bits per heavy atom. The lowest BCUT2D eigenvalue weighted by atomic mass is 10.1. The molecule has 2 amide bonds. The van der Waals surface area contributed by atoms with Crippen molar-refractivity contribution in [3.8, 4) is 5.75 Å². The molecule has 37 heavy (non-hydrogen) atoms. The Labute approximate surface area is 215 Å². The monoisotopic (exact) mass is 506 g/mol. The molecule has 9 heteroatoms. The molecule has 0 aliphatic heterocycles. The average Bonchev–Trinajstić information content (AvgIpc) is 3.72. The van der Waals surface area contributed by atoms with Gasteiger partial charge in [0.25, 0.3) is 11.5 Å². The van der Waals surface area contributed by atoms with Crippen LogP contribution >= 0.6 is 0 Å². The number of aryl methyl sites for hydroxylation is 1. The van der Waals surface area contributed by atoms with E-state index >= 15 is 0 Å². The van der Waals surface area contributed by atoms with Crippen LogP contribution in [-0.2, 0) is 11.8 Å². The van der Waals surface area contributed by atoms with Crippen LogP contribution in [0.4, 0.5) is 27.3 Å². The highest BCUT2D eigenvalue weighted by molar-refractivity contribution is 6.09. The number of ether oxygens (including phenoxy) is 1. The van der Waals surface area contributed by atoms with E-state index in [-0.39, 0.29) is 40.3 Å². The first-order valence-corrected chi connectivity index (χ1v) is 12.2. The van der Waals surface area contributed by atoms with Crippen LogP contribution in [0.25, 0.3) is 0 Å². The Morgan fingerprint density at radius 2 is 1.95 bits per heavy atom. The fourth-order valence-electron chi connectivity index (χ4n) is 4.36. The third-order valence-electron chi connectivity index (χ3n) is 6.55. The molecule has 1 aliphatic rings. The van der Waals surface area contributed by atoms with Gasteiger partial charge in [0.2, 0.25) is 6.41 Å². The van der Waals surface area contributed by atoms with Crippen molar-refractivity contribution in [2.45, 2.75) is 39.7 Å². The number of carbonyl (C=O) groups excluding carboxylic acids is 2. The molecule has 1 fully saturated rings. The number of pyridine rings is 1. The highest BCUT2D eigenvalue weighted by Crippen LogP contribution is 2.38. The van der Waals surface area contributed by atoms with Crippen LogP contribution < -0.4 is 20.5 Å². The molecule has 2 aromatic carbocycles. The quantitative estimate of drug-likeness (QED) is 0.421. The summed E-state index contributed by atoms with van der Waals surface area (Å²) >= 11 is 0. The van der Waals surface area contributed by atoms with Gasteiger partial charge in [-0.3, -0.25) is 23.9 Å². The Kier molecular flexibility index (Phi) is 7.33. The van der Waals surface area contributed by atoms with E-state index < -0.39 is 11.4 Å². The maximum absolute atomic E-state index is 14.9. The number of halogens is 1. The highest BCUT2D eigenvalue weighted by Gasteiger charge is 2.35. The van der Waals surface area contributed by atoms with Gasteiger partial charge in [0, 0.05) is 31.8 Å². The van der Waals surface area contributed by atoms with E-state index in [0.29, 0.717) is 24.5 Å². The van der Waals surface area contributed by atoms with Crippen LogP contribution in [-0.4, -0.2) is 41.5 Å². The lowest BCUT2D eigenvalue weighted by Crippen LogP contribution is -2.35. The summed E-state index contributed by atoms with van der Waals surface area (Å²) in [6, 6.07) is 11.6. The first kappa shape index (κ1) is 25.9. The minimum atomic E-state index is -0.528. The summed E-state index contributed by atoms with van der Waals surface area (Å²) in [7, 11) is 3.21. The van der Waals surface area contributed by atoms with Crippen LogP contribution in [0, 0.1) is 19.7 Å². The van der Waals surface area contributed by atoms with Crippen molar-refractivity contribution in [1.82, 2.24) is 9.47 Å². The van der Waals surface area contributed by atoms with Gasteiger partial charge in [0.05, 0.1) is 23.7 Å². The Bertz CT molecular complexity index is 1410. The van der Waals surface area contributed by atoms with Crippen molar-refractivity contribution in [3.63, 3.8) is 0 Å². The number of amides is 2. The second-order valence-corrected chi connectivity index (χ2v) is 9.22. The molecular weight excluding hydrogens is 475 g/mol. The standard InChI is InChI=1S/C28H31FN4O4/c1-6-37-21-9-7-8-20(15-21)33(16-34)25-18(3)27(35)32(5)26(24(25)28(36)31(4)19-11-12-19)30-23-13-10-17(2)14-22(23)29/h7-10,13-16,19,30H,6,11-12H2,1-5H3. The number of nitrogens with one attached hydrogen (secondary N) is 1. The van der Waals surface area contributed by atoms with Gasteiger partial charge in [0.1, 0.15) is 22.9 Å². The molecule has 1 aliphatic carbocycles. The number of rotatable bonds is 9. The normalized spacial score (nSPS) is 12.7. The summed E-state index contributed by atoms with van der Waals surface area (Å²) in [6.07, 6.45) is 2.30. The topological polar surface area (TPSA) is 83.9 Å². The zero-order chi connectivity index (χ0) is 26.9. The third-order valence-corrected chi connectivity index (χ3v) is 6.55. The molecule has 0 bridgehead atoms. The van der Waals surface area contributed by atoms with Gasteiger partial charge in [0.15, 0.2) is 0 Å². The Balaban J connectivity index is 1.99. The lowest BCUT2D eigenvalue weighted by molar-refractivity contribution is -0.106. The molecular formula is C28H31FN4O4. The van der Waals surface area contributed by atoms with Gasteiger partial charge < -0.3 is 15.0 Å². The van der Waals surface area contributed by atoms with E-state index in [4.69, 9.17) is 4.74 Å². The fourth-order valence-corrected chi connectivity index (χ4v) is 4.36. The molecule has 194 valence electrons. The number of hydrogen-bond acceptors (Lipinski definition) is 5. The minimum Gasteiger partial charge on any atom is -0.494 e. The molecule has 1 aromatic heterocycles. The van der Waals surface area contributed by atoms with Gasteiger partial charge in [-0.15, -0.1) is 0 Å². The van der Waals surface area contributed by atoms with Crippen molar-refractivity contribution < 1.29 is 18.7 Å². The predicted octanol–water partition coefficient (Wildman–Crippen LogP) is 4.81. The minimum absolute atomic E-state index is 0.0628. The Morgan fingerprint density at radius 1 is 1.22 bits per heavy atom. The molecule has 3 aromatic rings. The molecule has 8 nitrogen and oxygen atoms in total. The van der Waals surface area contributed by atoms with E-state index in [1.807, 2.05) is 6.92 Å². The number of aromatic nitrogens is 1. The summed E-state index contributed by atoms with van der Waals surface area (Å²) in [5.41, 5.74) is 1.28. The van der Waals surface area contributed by atoms with E-state index in [1.54, 1.807) is 62.2 Å². The van der Waals surface area contributed by atoms with Crippen LogP contribution in [0.3, 0.4) is 0 Å². The summed E-state index contributed by atoms with van der Waals surface area (Å²) < 4.78 is 21.7. The first-order chi connectivity index (χ1) is 17.7. The van der Waals surface area contributed by atoms with Gasteiger partial charge in [-0.05, 0) is 63.4 Å². The predicted molar refractivity (Wildman–Crippen MR) is 142 cm³/mol. The molecule has 4 rings (SSSR count). The third kappa shape index (κ3) is 5.07. The number of carbonyl (C=O) groups is 2. The van der Waals surface area contributed by atoms with Crippen molar-refractivity contribution in [1.29, 1.82) is 0 Å². The molecule has 1 saturated carbocycles. The highest BCUT2D eigenvalue weighted by atomic mass is 19.1. The van der Waals surface area contributed by atoms with Gasteiger partial charge in [-0.25, -0.2) is 4.39 Å². The molecule has 0 atom stereocenters. The summed E-state index contributed by atoms with van der Waals surface area (Å²) in [5, 5.41) is 2.98. The van der Waals surface area contributed by atoms with Crippen LogP contribution in [0.15, 0.2) is 47.3 Å². The van der Waals surface area contributed by atoms with Crippen LogP contribution in [0.2, 0.25) is 0 Å².